The Morgan fingerprint density at radius 2 is 1.92 bits per heavy atom. The zero-order valence-electron chi connectivity index (χ0n) is 15.9. The van der Waals surface area contributed by atoms with Crippen LogP contribution in [0.2, 0.25) is 0 Å². The maximum Gasteiger partial charge on any atom is 0.227 e. The van der Waals surface area contributed by atoms with Crippen LogP contribution in [-0.4, -0.2) is 61.7 Å². The first kappa shape index (κ1) is 19.1. The van der Waals surface area contributed by atoms with Gasteiger partial charge in [-0.15, -0.1) is 0 Å². The number of anilines is 2. The van der Waals surface area contributed by atoms with Gasteiger partial charge >= 0.3 is 0 Å². The Morgan fingerprint density at radius 1 is 1.15 bits per heavy atom. The fraction of sp³-hybridized carbons (Fsp3) is 0.500. The van der Waals surface area contributed by atoms with E-state index in [0.29, 0.717) is 6.04 Å². The highest BCUT2D eigenvalue weighted by Gasteiger charge is 2.24. The van der Waals surface area contributed by atoms with Crippen molar-refractivity contribution in [2.75, 3.05) is 50.6 Å². The van der Waals surface area contributed by atoms with Crippen molar-refractivity contribution in [3.63, 3.8) is 0 Å². The van der Waals surface area contributed by atoms with Crippen molar-refractivity contribution in [1.82, 2.24) is 14.9 Å². The smallest absolute Gasteiger partial charge is 0.227 e. The van der Waals surface area contributed by atoms with Gasteiger partial charge in [-0.05, 0) is 49.6 Å². The third-order valence-corrected chi connectivity index (χ3v) is 5.59. The number of aromatic nitrogens is 2. The van der Waals surface area contributed by atoms with E-state index in [2.05, 4.69) is 62.0 Å². The number of hydrogen-bond acceptors (Lipinski definition) is 5. The molecule has 2 aromatic rings. The van der Waals surface area contributed by atoms with Gasteiger partial charge in [-0.2, -0.15) is 4.98 Å². The van der Waals surface area contributed by atoms with Gasteiger partial charge in [0.25, 0.3) is 0 Å². The summed E-state index contributed by atoms with van der Waals surface area (Å²) in [4.78, 5) is 16.0. The van der Waals surface area contributed by atoms with Gasteiger partial charge in [0.15, 0.2) is 0 Å². The summed E-state index contributed by atoms with van der Waals surface area (Å²) < 4.78 is 1.14. The van der Waals surface area contributed by atoms with Gasteiger partial charge < -0.3 is 14.7 Å². The molecule has 0 radical (unpaired) electrons. The van der Waals surface area contributed by atoms with Crippen molar-refractivity contribution in [2.45, 2.75) is 25.3 Å². The molecule has 3 rings (SSSR count). The second-order valence-corrected chi connectivity index (χ2v) is 8.11. The zero-order chi connectivity index (χ0) is 18.5. The van der Waals surface area contributed by atoms with Crippen molar-refractivity contribution in [3.05, 3.63) is 46.6 Å². The summed E-state index contributed by atoms with van der Waals surface area (Å²) in [6.07, 6.45) is 5.36. The number of likely N-dealkylation sites (N-methyl/N-ethyl adjacent to an activating group) is 1. The zero-order valence-corrected chi connectivity index (χ0v) is 17.5. The number of rotatable bonds is 6. The number of benzene rings is 1. The minimum atomic E-state index is 0.464. The summed E-state index contributed by atoms with van der Waals surface area (Å²) in [7, 11) is 6.14. The van der Waals surface area contributed by atoms with E-state index in [1.54, 1.807) is 0 Å². The van der Waals surface area contributed by atoms with E-state index in [4.69, 9.17) is 4.98 Å². The number of piperidine rings is 1. The number of hydrogen-bond donors (Lipinski definition) is 0. The Kier molecular flexibility index (Phi) is 6.48. The molecule has 26 heavy (non-hydrogen) atoms. The first-order valence-corrected chi connectivity index (χ1v) is 10.0. The molecule has 1 unspecified atom stereocenters. The van der Waals surface area contributed by atoms with E-state index in [-0.39, 0.29) is 0 Å². The van der Waals surface area contributed by atoms with Crippen LogP contribution >= 0.6 is 15.9 Å². The summed E-state index contributed by atoms with van der Waals surface area (Å²) in [5, 5.41) is 0. The molecule has 1 aliphatic rings. The SMILES string of the molecule is CN(C)c1ccnc(N(C)C2CCCN(CCc3ccc(Br)cc3)C2)n1. The maximum atomic E-state index is 4.69. The third-order valence-electron chi connectivity index (χ3n) is 5.06. The van der Waals surface area contributed by atoms with Crippen LogP contribution < -0.4 is 9.80 Å². The Labute approximate surface area is 165 Å². The lowest BCUT2D eigenvalue weighted by Gasteiger charge is -2.37. The summed E-state index contributed by atoms with van der Waals surface area (Å²) in [5.74, 6) is 1.76. The Morgan fingerprint density at radius 3 is 2.65 bits per heavy atom. The van der Waals surface area contributed by atoms with Crippen molar-refractivity contribution < 1.29 is 0 Å². The fourth-order valence-corrected chi connectivity index (χ4v) is 3.67. The van der Waals surface area contributed by atoms with Gasteiger partial charge in [0, 0.05) is 50.9 Å². The lowest BCUT2D eigenvalue weighted by atomic mass is 10.0. The van der Waals surface area contributed by atoms with E-state index in [1.807, 2.05) is 31.3 Å². The van der Waals surface area contributed by atoms with Gasteiger partial charge in [-0.3, -0.25) is 0 Å². The topological polar surface area (TPSA) is 35.5 Å². The van der Waals surface area contributed by atoms with Crippen LogP contribution in [0.5, 0.6) is 0 Å². The molecular formula is C20H28BrN5. The highest BCUT2D eigenvalue weighted by Crippen LogP contribution is 2.20. The summed E-state index contributed by atoms with van der Waals surface area (Å²) in [6.45, 7) is 3.35. The van der Waals surface area contributed by atoms with E-state index in [1.165, 1.54) is 24.9 Å². The second-order valence-electron chi connectivity index (χ2n) is 7.19. The second kappa shape index (κ2) is 8.82. The first-order valence-electron chi connectivity index (χ1n) is 9.23. The van der Waals surface area contributed by atoms with E-state index < -0.39 is 0 Å². The molecule has 1 fully saturated rings. The molecule has 1 saturated heterocycles. The van der Waals surface area contributed by atoms with E-state index in [0.717, 1.165) is 35.7 Å². The predicted molar refractivity (Wildman–Crippen MR) is 112 cm³/mol. The van der Waals surface area contributed by atoms with Gasteiger partial charge in [-0.25, -0.2) is 4.98 Å². The normalized spacial score (nSPS) is 17.9. The Bertz CT molecular complexity index is 704. The average molecular weight is 418 g/mol. The molecule has 1 atom stereocenters. The minimum absolute atomic E-state index is 0.464. The molecule has 0 N–H and O–H groups in total. The Balaban J connectivity index is 1.58. The first-order chi connectivity index (χ1) is 12.5. The molecule has 0 amide bonds. The van der Waals surface area contributed by atoms with Crippen LogP contribution in [0.25, 0.3) is 0 Å². The highest BCUT2D eigenvalue weighted by atomic mass is 79.9. The fourth-order valence-electron chi connectivity index (χ4n) is 3.41. The predicted octanol–water partition coefficient (Wildman–Crippen LogP) is 3.45. The summed E-state index contributed by atoms with van der Waals surface area (Å²) in [6, 6.07) is 11.1. The van der Waals surface area contributed by atoms with Crippen molar-refractivity contribution in [3.8, 4) is 0 Å². The van der Waals surface area contributed by atoms with E-state index >= 15 is 0 Å². The van der Waals surface area contributed by atoms with Crippen molar-refractivity contribution in [2.24, 2.45) is 0 Å². The molecule has 1 aliphatic heterocycles. The average Bonchev–Trinajstić information content (AvgIpc) is 2.67. The molecule has 5 nitrogen and oxygen atoms in total. The monoisotopic (exact) mass is 417 g/mol. The van der Waals surface area contributed by atoms with Crippen molar-refractivity contribution in [1.29, 1.82) is 0 Å². The van der Waals surface area contributed by atoms with Gasteiger partial charge in [0.2, 0.25) is 5.95 Å². The van der Waals surface area contributed by atoms with Crippen LogP contribution in [0.3, 0.4) is 0 Å². The number of halogens is 1. The van der Waals surface area contributed by atoms with Crippen LogP contribution in [0.1, 0.15) is 18.4 Å². The molecular weight excluding hydrogens is 390 g/mol. The molecule has 0 saturated carbocycles. The quantitative estimate of drug-likeness (QED) is 0.718. The molecule has 1 aromatic carbocycles. The summed E-state index contributed by atoms with van der Waals surface area (Å²) >= 11 is 3.50. The molecule has 6 heteroatoms. The standard InChI is InChI=1S/C20H28BrN5/c1-24(2)19-10-12-22-20(23-19)25(3)18-5-4-13-26(15-18)14-11-16-6-8-17(21)9-7-16/h6-10,12,18H,4-5,11,13-15H2,1-3H3. The highest BCUT2D eigenvalue weighted by molar-refractivity contribution is 9.10. The Hall–Kier alpha value is -1.66. The summed E-state index contributed by atoms with van der Waals surface area (Å²) in [5.41, 5.74) is 1.39. The number of likely N-dealkylation sites (tertiary alicyclic amines) is 1. The van der Waals surface area contributed by atoms with Gasteiger partial charge in [0.1, 0.15) is 5.82 Å². The molecule has 0 aliphatic carbocycles. The van der Waals surface area contributed by atoms with Crippen LogP contribution in [-0.2, 0) is 6.42 Å². The number of nitrogens with zero attached hydrogens (tertiary/aromatic N) is 5. The molecule has 1 aromatic heterocycles. The minimum Gasteiger partial charge on any atom is -0.363 e. The van der Waals surface area contributed by atoms with Gasteiger partial charge in [0.05, 0.1) is 0 Å². The molecule has 2 heterocycles. The lowest BCUT2D eigenvalue weighted by molar-refractivity contribution is 0.208. The van der Waals surface area contributed by atoms with Crippen LogP contribution in [0.4, 0.5) is 11.8 Å². The van der Waals surface area contributed by atoms with Crippen molar-refractivity contribution >= 4 is 27.7 Å². The van der Waals surface area contributed by atoms with Crippen LogP contribution in [0, 0.1) is 0 Å². The lowest BCUT2D eigenvalue weighted by Crippen LogP contribution is -2.47. The van der Waals surface area contributed by atoms with Gasteiger partial charge in [-0.1, -0.05) is 28.1 Å². The maximum absolute atomic E-state index is 4.69. The molecule has 140 valence electrons. The molecule has 0 spiro atoms. The largest absolute Gasteiger partial charge is 0.363 e. The van der Waals surface area contributed by atoms with Crippen LogP contribution in [0.15, 0.2) is 41.0 Å². The third kappa shape index (κ3) is 4.95. The molecule has 0 bridgehead atoms. The van der Waals surface area contributed by atoms with E-state index in [9.17, 15) is 0 Å².